The van der Waals surface area contributed by atoms with Crippen molar-refractivity contribution in [3.63, 3.8) is 0 Å². The number of ether oxygens (including phenoxy) is 1. The Bertz CT molecular complexity index is 1130. The predicted octanol–water partition coefficient (Wildman–Crippen LogP) is 5.33. The zero-order valence-electron chi connectivity index (χ0n) is 20.4. The molecule has 0 atom stereocenters. The summed E-state index contributed by atoms with van der Waals surface area (Å²) in [6.45, 7) is 9.31. The maximum atomic E-state index is 13.0. The van der Waals surface area contributed by atoms with Gasteiger partial charge >= 0.3 is 6.03 Å². The third-order valence-electron chi connectivity index (χ3n) is 6.13. The van der Waals surface area contributed by atoms with Gasteiger partial charge in [0.25, 0.3) is 0 Å². The van der Waals surface area contributed by atoms with Crippen LogP contribution in [-0.4, -0.2) is 54.2 Å². The molecule has 0 bridgehead atoms. The number of carbonyl (C=O) groups excluding carboxylic acids is 1. The van der Waals surface area contributed by atoms with Gasteiger partial charge in [0.05, 0.1) is 7.11 Å². The van der Waals surface area contributed by atoms with Crippen molar-refractivity contribution in [2.24, 2.45) is 0 Å². The fraction of sp³-hybridized carbons (Fsp3) is 0.370. The topological polar surface area (TPSA) is 70.6 Å². The van der Waals surface area contributed by atoms with Crippen LogP contribution in [0, 0.1) is 6.92 Å². The van der Waals surface area contributed by atoms with Gasteiger partial charge in [0.2, 0.25) is 0 Å². The van der Waals surface area contributed by atoms with Gasteiger partial charge in [-0.2, -0.15) is 0 Å². The Morgan fingerprint density at radius 3 is 2.53 bits per heavy atom. The largest absolute Gasteiger partial charge is 0.497 e. The molecule has 0 aliphatic carbocycles. The average Bonchev–Trinajstić information content (AvgIpc) is 3.10. The lowest BCUT2D eigenvalue weighted by atomic mass is 10.0. The summed E-state index contributed by atoms with van der Waals surface area (Å²) in [5.74, 6) is 2.75. The van der Waals surface area contributed by atoms with Crippen LogP contribution in [0.3, 0.4) is 0 Å². The lowest BCUT2D eigenvalue weighted by Gasteiger charge is -2.27. The molecule has 1 aliphatic heterocycles. The number of hydrogen-bond donors (Lipinski definition) is 1. The zero-order chi connectivity index (χ0) is 24.1. The highest BCUT2D eigenvalue weighted by molar-refractivity contribution is 5.89. The highest BCUT2D eigenvalue weighted by Crippen LogP contribution is 2.31. The van der Waals surface area contributed by atoms with E-state index in [9.17, 15) is 4.79 Å². The van der Waals surface area contributed by atoms with E-state index in [0.717, 1.165) is 53.8 Å². The van der Waals surface area contributed by atoms with Gasteiger partial charge in [0, 0.05) is 54.8 Å². The van der Waals surface area contributed by atoms with E-state index in [1.807, 2.05) is 59.5 Å². The van der Waals surface area contributed by atoms with Gasteiger partial charge in [0.15, 0.2) is 5.82 Å². The molecule has 7 heteroatoms. The summed E-state index contributed by atoms with van der Waals surface area (Å²) in [5.41, 5.74) is 3.92. The van der Waals surface area contributed by atoms with Crippen LogP contribution in [0.4, 0.5) is 16.3 Å². The van der Waals surface area contributed by atoms with E-state index in [1.54, 1.807) is 7.11 Å². The van der Waals surface area contributed by atoms with E-state index in [4.69, 9.17) is 14.7 Å². The van der Waals surface area contributed by atoms with Gasteiger partial charge in [-0.05, 0) is 31.4 Å². The molecule has 1 aromatic heterocycles. The number of rotatable bonds is 5. The second kappa shape index (κ2) is 10.5. The number of aryl methyl sites for hydroxylation is 1. The standard InChI is InChI=1S/C27H33N5O2/c1-19(2)24-20(3)28-25(21-10-6-5-7-11-21)30-26(24)31-14-9-15-32(17-16-31)27(33)29-22-12-8-13-23(18-22)34-4/h5-8,10-13,18-19H,9,14-17H2,1-4H3,(H,29,33). The first kappa shape index (κ1) is 23.5. The number of methoxy groups -OCH3 is 1. The molecule has 3 aromatic rings. The molecule has 0 spiro atoms. The molecule has 0 radical (unpaired) electrons. The summed E-state index contributed by atoms with van der Waals surface area (Å²) in [6.07, 6.45) is 0.868. The Labute approximate surface area is 201 Å². The summed E-state index contributed by atoms with van der Waals surface area (Å²) in [4.78, 5) is 27.0. The minimum atomic E-state index is -0.0944. The van der Waals surface area contributed by atoms with Crippen molar-refractivity contribution in [2.75, 3.05) is 43.5 Å². The van der Waals surface area contributed by atoms with Crippen LogP contribution < -0.4 is 15.0 Å². The molecule has 4 rings (SSSR count). The Hall–Kier alpha value is -3.61. The number of nitrogens with zero attached hydrogens (tertiary/aromatic N) is 4. The lowest BCUT2D eigenvalue weighted by Crippen LogP contribution is -2.38. The quantitative estimate of drug-likeness (QED) is 0.559. The van der Waals surface area contributed by atoms with Crippen LogP contribution in [0.25, 0.3) is 11.4 Å². The van der Waals surface area contributed by atoms with Crippen molar-refractivity contribution in [2.45, 2.75) is 33.1 Å². The number of anilines is 2. The predicted molar refractivity (Wildman–Crippen MR) is 137 cm³/mol. The minimum absolute atomic E-state index is 0.0944. The van der Waals surface area contributed by atoms with Gasteiger partial charge < -0.3 is 19.9 Å². The molecule has 2 amide bonds. The molecule has 2 heterocycles. The average molecular weight is 460 g/mol. The molecular weight excluding hydrogens is 426 g/mol. The molecule has 1 saturated heterocycles. The molecule has 1 fully saturated rings. The van der Waals surface area contributed by atoms with Crippen molar-refractivity contribution in [1.82, 2.24) is 14.9 Å². The molecule has 7 nitrogen and oxygen atoms in total. The van der Waals surface area contributed by atoms with Crippen LogP contribution in [0.2, 0.25) is 0 Å². The first-order valence-corrected chi connectivity index (χ1v) is 11.8. The van der Waals surface area contributed by atoms with Crippen LogP contribution in [0.15, 0.2) is 54.6 Å². The Kier molecular flexibility index (Phi) is 7.30. The summed E-state index contributed by atoms with van der Waals surface area (Å²) >= 11 is 0. The van der Waals surface area contributed by atoms with E-state index >= 15 is 0 Å². The van der Waals surface area contributed by atoms with E-state index in [1.165, 1.54) is 5.56 Å². The number of amides is 2. The Balaban J connectivity index is 1.54. The molecule has 178 valence electrons. The number of urea groups is 1. The highest BCUT2D eigenvalue weighted by Gasteiger charge is 2.24. The van der Waals surface area contributed by atoms with E-state index in [-0.39, 0.29) is 6.03 Å². The summed E-state index contributed by atoms with van der Waals surface area (Å²) in [6, 6.07) is 17.4. The van der Waals surface area contributed by atoms with Gasteiger partial charge in [-0.15, -0.1) is 0 Å². The van der Waals surface area contributed by atoms with Crippen LogP contribution in [-0.2, 0) is 0 Å². The van der Waals surface area contributed by atoms with Crippen molar-refractivity contribution in [3.8, 4) is 17.1 Å². The summed E-state index contributed by atoms with van der Waals surface area (Å²) in [5, 5.41) is 3.00. The molecule has 1 N–H and O–H groups in total. The minimum Gasteiger partial charge on any atom is -0.497 e. The van der Waals surface area contributed by atoms with Crippen LogP contribution in [0.5, 0.6) is 5.75 Å². The van der Waals surface area contributed by atoms with Crippen molar-refractivity contribution < 1.29 is 9.53 Å². The Morgan fingerprint density at radius 1 is 1.00 bits per heavy atom. The van der Waals surface area contributed by atoms with Crippen LogP contribution >= 0.6 is 0 Å². The number of nitrogens with one attached hydrogen (secondary N) is 1. The SMILES string of the molecule is COc1cccc(NC(=O)N2CCCN(c3nc(-c4ccccc4)nc(C)c3C(C)C)CC2)c1. The monoisotopic (exact) mass is 459 g/mol. The first-order valence-electron chi connectivity index (χ1n) is 11.8. The fourth-order valence-electron chi connectivity index (χ4n) is 4.44. The van der Waals surface area contributed by atoms with Crippen LogP contribution in [0.1, 0.15) is 37.4 Å². The highest BCUT2D eigenvalue weighted by atomic mass is 16.5. The number of aromatic nitrogens is 2. The first-order chi connectivity index (χ1) is 16.5. The third-order valence-corrected chi connectivity index (χ3v) is 6.13. The molecule has 34 heavy (non-hydrogen) atoms. The number of benzene rings is 2. The molecule has 2 aromatic carbocycles. The maximum Gasteiger partial charge on any atom is 0.321 e. The fourth-order valence-corrected chi connectivity index (χ4v) is 4.44. The normalized spacial score (nSPS) is 14.1. The van der Waals surface area contributed by atoms with Crippen molar-refractivity contribution in [3.05, 3.63) is 65.9 Å². The number of hydrogen-bond acceptors (Lipinski definition) is 5. The molecule has 0 unspecified atom stereocenters. The third kappa shape index (κ3) is 5.30. The molecular formula is C27H33N5O2. The molecule has 1 aliphatic rings. The number of carbonyl (C=O) groups is 1. The van der Waals surface area contributed by atoms with Crippen molar-refractivity contribution >= 4 is 17.5 Å². The smallest absolute Gasteiger partial charge is 0.321 e. The van der Waals surface area contributed by atoms with Gasteiger partial charge in [-0.25, -0.2) is 14.8 Å². The Morgan fingerprint density at radius 2 is 1.79 bits per heavy atom. The van der Waals surface area contributed by atoms with E-state index in [2.05, 4.69) is 31.0 Å². The zero-order valence-corrected chi connectivity index (χ0v) is 20.4. The van der Waals surface area contributed by atoms with Crippen molar-refractivity contribution in [1.29, 1.82) is 0 Å². The molecule has 0 saturated carbocycles. The van der Waals surface area contributed by atoms with E-state index < -0.39 is 0 Å². The summed E-state index contributed by atoms with van der Waals surface area (Å²) < 4.78 is 5.26. The maximum absolute atomic E-state index is 13.0. The second-order valence-corrected chi connectivity index (χ2v) is 8.88. The van der Waals surface area contributed by atoms with E-state index in [0.29, 0.717) is 19.0 Å². The summed E-state index contributed by atoms with van der Waals surface area (Å²) in [7, 11) is 1.62. The lowest BCUT2D eigenvalue weighted by molar-refractivity contribution is 0.215. The van der Waals surface area contributed by atoms with Gasteiger partial charge in [-0.1, -0.05) is 50.2 Å². The van der Waals surface area contributed by atoms with Gasteiger partial charge in [0.1, 0.15) is 11.6 Å². The second-order valence-electron chi connectivity index (χ2n) is 8.88. The van der Waals surface area contributed by atoms with Gasteiger partial charge in [-0.3, -0.25) is 0 Å².